The molecule has 3 aliphatic heterocycles. The van der Waals surface area contributed by atoms with Crippen molar-refractivity contribution in [2.24, 2.45) is 5.92 Å². The van der Waals surface area contributed by atoms with Gasteiger partial charge >= 0.3 is 15.6 Å². The number of nitrogens with zero attached hydrogens (tertiary/aromatic N) is 7. The lowest BCUT2D eigenvalue weighted by Crippen LogP contribution is -2.36. The number of aromatic amines is 1. The predicted octanol–water partition coefficient (Wildman–Crippen LogP) is -0.286. The van der Waals surface area contributed by atoms with Crippen molar-refractivity contribution in [2.45, 2.75) is 62.7 Å². The molecule has 47 heavy (non-hydrogen) atoms. The summed E-state index contributed by atoms with van der Waals surface area (Å²) < 4.78 is 63.3. The molecule has 10 atom stereocenters. The number of anilines is 2. The fourth-order valence-electron chi connectivity index (χ4n) is 6.08. The quantitative estimate of drug-likeness (QED) is 0.149. The lowest BCUT2D eigenvalue weighted by atomic mass is 9.93. The summed E-state index contributed by atoms with van der Waals surface area (Å²) in [5, 5.41) is 11.2. The van der Waals surface area contributed by atoms with E-state index in [4.69, 9.17) is 39.0 Å². The van der Waals surface area contributed by atoms with Gasteiger partial charge in [0.2, 0.25) is 5.95 Å². The average Bonchev–Trinajstić information content (AvgIpc) is 3.76. The van der Waals surface area contributed by atoms with Crippen molar-refractivity contribution in [1.29, 1.82) is 0 Å². The molecule has 7 rings (SSSR count). The predicted molar refractivity (Wildman–Crippen MR) is 156 cm³/mol. The van der Waals surface area contributed by atoms with Crippen LogP contribution in [0.4, 0.5) is 11.8 Å². The van der Waals surface area contributed by atoms with Crippen LogP contribution in [0.25, 0.3) is 22.3 Å². The van der Waals surface area contributed by atoms with E-state index >= 15 is 0 Å². The van der Waals surface area contributed by atoms with Crippen molar-refractivity contribution in [2.75, 3.05) is 24.7 Å². The Balaban J connectivity index is 1.23. The molecule has 4 aromatic rings. The molecule has 0 amide bonds. The Morgan fingerprint density at radius 2 is 1.55 bits per heavy atom. The van der Waals surface area contributed by atoms with E-state index < -0.39 is 83.3 Å². The summed E-state index contributed by atoms with van der Waals surface area (Å²) in [4.78, 5) is 56.9. The Morgan fingerprint density at radius 1 is 0.915 bits per heavy atom. The zero-order chi connectivity index (χ0) is 33.2. The number of rotatable bonds is 4. The van der Waals surface area contributed by atoms with Gasteiger partial charge < -0.3 is 35.8 Å². The van der Waals surface area contributed by atoms with Crippen LogP contribution < -0.4 is 17.0 Å². The number of aromatic nitrogens is 8. The van der Waals surface area contributed by atoms with E-state index in [0.717, 1.165) is 0 Å². The minimum absolute atomic E-state index is 0.00563. The van der Waals surface area contributed by atoms with E-state index in [2.05, 4.69) is 29.9 Å². The number of ether oxygens (including phenoxy) is 2. The van der Waals surface area contributed by atoms with Gasteiger partial charge in [-0.1, -0.05) is 13.3 Å². The molecule has 8 N–H and O–H groups in total. The first-order valence-corrected chi connectivity index (χ1v) is 17.3. The molecule has 22 nitrogen and oxygen atoms in total. The summed E-state index contributed by atoms with van der Waals surface area (Å²) in [7, 11) is -9.95. The maximum absolute atomic E-state index is 13.5. The fourth-order valence-corrected chi connectivity index (χ4v) is 8.01. The lowest BCUT2D eigenvalue weighted by Gasteiger charge is -2.26. The highest BCUT2D eigenvalue weighted by Gasteiger charge is 2.54. The number of nitrogen functional groups attached to an aromatic ring is 2. The summed E-state index contributed by atoms with van der Waals surface area (Å²) in [5.41, 5.74) is 11.3. The third-order valence-electron chi connectivity index (χ3n) is 8.13. The number of aliphatic hydroxyl groups is 1. The van der Waals surface area contributed by atoms with Gasteiger partial charge in [0, 0.05) is 5.92 Å². The number of fused-ring (bicyclic) bond motifs is 5. The highest BCUT2D eigenvalue weighted by atomic mass is 31.2. The number of nitrogens with two attached hydrogens (primary N) is 2. The van der Waals surface area contributed by atoms with Crippen LogP contribution in [0.2, 0.25) is 0 Å². The number of nitrogens with one attached hydrogen (secondary N) is 1. The summed E-state index contributed by atoms with van der Waals surface area (Å²) in [6.07, 6.45) is -4.97. The van der Waals surface area contributed by atoms with Gasteiger partial charge in [-0.25, -0.2) is 29.1 Å². The molecular weight excluding hydrogens is 670 g/mol. The van der Waals surface area contributed by atoms with Crippen molar-refractivity contribution >= 4 is 49.7 Å². The third-order valence-corrected chi connectivity index (χ3v) is 10.1. The minimum atomic E-state index is -4.98. The van der Waals surface area contributed by atoms with Crippen LogP contribution in [-0.2, 0) is 36.7 Å². The Hall–Kier alpha value is -3.40. The highest BCUT2D eigenvalue weighted by Crippen LogP contribution is 2.55. The molecular formula is C23H30N10O12P2. The summed E-state index contributed by atoms with van der Waals surface area (Å²) >= 11 is 0. The zero-order valence-corrected chi connectivity index (χ0v) is 26.2. The maximum Gasteiger partial charge on any atom is 0.472 e. The van der Waals surface area contributed by atoms with Crippen LogP contribution in [0.5, 0.6) is 0 Å². The van der Waals surface area contributed by atoms with Gasteiger partial charge in [0.05, 0.1) is 32.0 Å². The second kappa shape index (κ2) is 11.9. The van der Waals surface area contributed by atoms with Gasteiger partial charge in [-0.15, -0.1) is 0 Å². The van der Waals surface area contributed by atoms with Crippen molar-refractivity contribution in [3.63, 3.8) is 0 Å². The van der Waals surface area contributed by atoms with Gasteiger partial charge in [-0.3, -0.25) is 37.0 Å². The van der Waals surface area contributed by atoms with Crippen LogP contribution in [0.15, 0.2) is 23.8 Å². The molecule has 0 saturated carbocycles. The number of phosphoric ester groups is 2. The van der Waals surface area contributed by atoms with Gasteiger partial charge in [0.1, 0.15) is 36.3 Å². The molecule has 254 valence electrons. The number of aliphatic hydroxyl groups excluding tert-OH is 1. The van der Waals surface area contributed by atoms with Crippen molar-refractivity contribution in [1.82, 2.24) is 39.0 Å². The van der Waals surface area contributed by atoms with Crippen LogP contribution in [0.3, 0.4) is 0 Å². The summed E-state index contributed by atoms with van der Waals surface area (Å²) in [6, 6.07) is 0. The van der Waals surface area contributed by atoms with E-state index in [1.807, 2.05) is 6.92 Å². The number of phosphoric acid groups is 2. The second-order valence-electron chi connectivity index (χ2n) is 11.1. The lowest BCUT2D eigenvalue weighted by molar-refractivity contribution is -0.0671. The Labute approximate surface area is 263 Å². The smallest absolute Gasteiger partial charge is 0.386 e. The Bertz CT molecular complexity index is 1970. The van der Waals surface area contributed by atoms with Crippen molar-refractivity contribution in [3.8, 4) is 0 Å². The molecule has 0 aromatic carbocycles. The largest absolute Gasteiger partial charge is 0.472 e. The maximum atomic E-state index is 13.5. The number of hydrogen-bond donors (Lipinski definition) is 6. The standard InChI is InChI=1S/C23H30N10O12P2/c1-2-3-9-10-4-40-47(38,39)45-16-11(43-21(14(16)34)32-7-28-12-17(24)26-6-27-18(12)32)5-41-46(36,37)44-15(9)22(42-10)33-8-29-13-19(33)30-23(25)31-20(13)35/h6-11,14-16,21-22,34H,2-5H2,1H3,(H,36,37)(H,38,39)(H2,24,26,27)(H3,25,30,31,35)/t9-,10-,11-,14-,15-,16-,21-,22-/m1/s1. The highest BCUT2D eigenvalue weighted by molar-refractivity contribution is 7.47. The Kier molecular flexibility index (Phi) is 8.17. The van der Waals surface area contributed by atoms with Gasteiger partial charge in [0.15, 0.2) is 35.1 Å². The first-order chi connectivity index (χ1) is 22.4. The zero-order valence-electron chi connectivity index (χ0n) is 24.4. The molecule has 3 fully saturated rings. The molecule has 2 bridgehead atoms. The first kappa shape index (κ1) is 32.2. The fraction of sp³-hybridized carbons (Fsp3) is 0.565. The van der Waals surface area contributed by atoms with Gasteiger partial charge in [-0.2, -0.15) is 4.98 Å². The Morgan fingerprint density at radius 3 is 2.28 bits per heavy atom. The number of imidazole rings is 2. The van der Waals surface area contributed by atoms with E-state index in [1.165, 1.54) is 28.1 Å². The van der Waals surface area contributed by atoms with Crippen LogP contribution in [0.1, 0.15) is 32.2 Å². The van der Waals surface area contributed by atoms with E-state index in [0.29, 0.717) is 12.8 Å². The molecule has 4 aromatic heterocycles. The molecule has 3 aliphatic rings. The molecule has 0 radical (unpaired) electrons. The number of H-pyrrole nitrogens is 1. The van der Waals surface area contributed by atoms with Crippen LogP contribution >= 0.6 is 15.6 Å². The molecule has 0 aliphatic carbocycles. The SMILES string of the molecule is CCC[C@H]1[C@H]2OP(=O)(O)OC[C@H]3O[C@@H](n4cnc5c(N)ncnc54)[C@H](O)[C@@H]3OP(=O)(O)OC[C@H]1O[C@H]2n1cnc2c(=O)[nH]c(N)nc21. The topological polar surface area (TPSA) is 309 Å². The third kappa shape index (κ3) is 5.85. The van der Waals surface area contributed by atoms with Crippen LogP contribution in [0, 0.1) is 5.92 Å². The molecule has 0 spiro atoms. The minimum Gasteiger partial charge on any atom is -0.386 e. The molecule has 2 unspecified atom stereocenters. The molecule has 7 heterocycles. The second-order valence-corrected chi connectivity index (χ2v) is 13.9. The van der Waals surface area contributed by atoms with E-state index in [9.17, 15) is 28.8 Å². The summed E-state index contributed by atoms with van der Waals surface area (Å²) in [5.74, 6) is -0.866. The van der Waals surface area contributed by atoms with E-state index in [-0.39, 0.29) is 34.1 Å². The first-order valence-electron chi connectivity index (χ1n) is 14.3. The summed E-state index contributed by atoms with van der Waals surface area (Å²) in [6.45, 7) is 0.547. The van der Waals surface area contributed by atoms with E-state index in [1.54, 1.807) is 0 Å². The monoisotopic (exact) mass is 700 g/mol. The van der Waals surface area contributed by atoms with Gasteiger partial charge in [0.25, 0.3) is 5.56 Å². The van der Waals surface area contributed by atoms with Crippen LogP contribution in [-0.4, -0.2) is 97.7 Å². The molecule has 3 saturated heterocycles. The van der Waals surface area contributed by atoms with Gasteiger partial charge in [-0.05, 0) is 6.42 Å². The average molecular weight is 700 g/mol. The van der Waals surface area contributed by atoms with Crippen molar-refractivity contribution in [3.05, 3.63) is 29.3 Å². The normalized spacial score (nSPS) is 36.6. The van der Waals surface area contributed by atoms with Crippen molar-refractivity contribution < 1.29 is 51.6 Å². The number of hydrogen-bond acceptors (Lipinski definition) is 17. The molecule has 24 heteroatoms.